The molecule has 5 aliphatic rings. The number of nitrogens with one attached hydrogen (secondary N) is 1. The van der Waals surface area contributed by atoms with E-state index in [4.69, 9.17) is 24.0 Å². The normalized spacial score (nSPS) is 39.1. The van der Waals surface area contributed by atoms with Crippen molar-refractivity contribution in [1.82, 2.24) is 0 Å². The number of rotatable bonds is 5. The summed E-state index contributed by atoms with van der Waals surface area (Å²) < 4.78 is 19.3. The van der Waals surface area contributed by atoms with Crippen molar-refractivity contribution in [2.45, 2.75) is 76.8 Å². The summed E-state index contributed by atoms with van der Waals surface area (Å²) in [6.45, 7) is 6.42. The minimum atomic E-state index is -0.801. The van der Waals surface area contributed by atoms with Gasteiger partial charge >= 0.3 is 0 Å². The van der Waals surface area contributed by atoms with E-state index in [1.54, 1.807) is 0 Å². The lowest BCUT2D eigenvalue weighted by molar-refractivity contribution is -0.575. The lowest BCUT2D eigenvalue weighted by atomic mass is 9.58. The second-order valence-electron chi connectivity index (χ2n) is 11.1. The van der Waals surface area contributed by atoms with Gasteiger partial charge in [0.15, 0.2) is 11.9 Å². The molecule has 2 aromatic carbocycles. The van der Waals surface area contributed by atoms with Gasteiger partial charge in [-0.2, -0.15) is 0 Å². The van der Waals surface area contributed by atoms with Crippen LogP contribution in [0, 0.1) is 23.7 Å². The van der Waals surface area contributed by atoms with E-state index in [-0.39, 0.29) is 17.7 Å². The molecule has 5 fully saturated rings. The molecule has 7 heteroatoms. The molecule has 1 amide bonds. The third kappa shape index (κ3) is 4.12. The Morgan fingerprint density at radius 2 is 1.78 bits per heavy atom. The molecule has 4 heterocycles. The average Bonchev–Trinajstić information content (AvgIpc) is 3.10. The molecular weight excluding hydrogens is 458 g/mol. The van der Waals surface area contributed by atoms with Crippen LogP contribution < -0.4 is 10.1 Å². The Balaban J connectivity index is 1.15. The van der Waals surface area contributed by atoms with Crippen molar-refractivity contribution >= 4 is 11.6 Å². The summed E-state index contributed by atoms with van der Waals surface area (Å²) in [6.07, 6.45) is 3.28. The molecule has 192 valence electrons. The number of amides is 1. The zero-order valence-corrected chi connectivity index (χ0v) is 21.1. The van der Waals surface area contributed by atoms with E-state index >= 15 is 0 Å². The molecule has 4 aliphatic heterocycles. The highest BCUT2D eigenvalue weighted by atomic mass is 17.3. The van der Waals surface area contributed by atoms with Crippen molar-refractivity contribution < 1.29 is 28.8 Å². The van der Waals surface area contributed by atoms with Crippen molar-refractivity contribution in [3.05, 3.63) is 60.2 Å². The van der Waals surface area contributed by atoms with E-state index in [1.165, 1.54) is 0 Å². The lowest BCUT2D eigenvalue weighted by Crippen LogP contribution is -2.70. The molecule has 0 radical (unpaired) electrons. The van der Waals surface area contributed by atoms with Crippen molar-refractivity contribution in [2.24, 2.45) is 23.7 Å². The Kier molecular flexibility index (Phi) is 6.07. The summed E-state index contributed by atoms with van der Waals surface area (Å²) in [5.74, 6) is 1.02. The summed E-state index contributed by atoms with van der Waals surface area (Å²) in [5.41, 5.74) is 1.11. The fourth-order valence-electron chi connectivity index (χ4n) is 6.74. The van der Waals surface area contributed by atoms with Crippen LogP contribution in [0.4, 0.5) is 5.69 Å². The van der Waals surface area contributed by atoms with Crippen LogP contribution in [0.15, 0.2) is 54.6 Å². The van der Waals surface area contributed by atoms with Gasteiger partial charge < -0.3 is 19.5 Å². The van der Waals surface area contributed by atoms with Crippen LogP contribution >= 0.6 is 0 Å². The van der Waals surface area contributed by atoms with Gasteiger partial charge in [-0.15, -0.1) is 0 Å². The molecule has 1 spiro atoms. The summed E-state index contributed by atoms with van der Waals surface area (Å²) >= 11 is 0. The molecule has 0 aromatic heterocycles. The largest absolute Gasteiger partial charge is 0.465 e. The smallest absolute Gasteiger partial charge is 0.228 e. The molecule has 0 unspecified atom stereocenters. The van der Waals surface area contributed by atoms with Crippen LogP contribution in [0.25, 0.3) is 0 Å². The molecule has 1 saturated carbocycles. The Morgan fingerprint density at radius 3 is 2.56 bits per heavy atom. The van der Waals surface area contributed by atoms with Crippen molar-refractivity contribution in [3.8, 4) is 5.75 Å². The first kappa shape index (κ1) is 23.9. The summed E-state index contributed by atoms with van der Waals surface area (Å²) in [6, 6.07) is 17.1. The number of fused-ring (bicyclic) bond motifs is 2. The first-order valence-corrected chi connectivity index (χ1v) is 13.2. The Hall–Kier alpha value is -2.45. The number of hydrogen-bond donors (Lipinski definition) is 1. The SMILES string of the molecule is C[C@H]1[C@@H](Oc2ccc(CC(=O)Nc3ccccc3)cc2)O[C@@H]2O[C@@]3(C)CC[C@@H]4[C@H](C)CC[C@@H]1[C@@]24OO3. The molecule has 36 heavy (non-hydrogen) atoms. The second kappa shape index (κ2) is 9.14. The van der Waals surface area contributed by atoms with E-state index in [2.05, 4.69) is 19.2 Å². The van der Waals surface area contributed by atoms with Gasteiger partial charge in [0.25, 0.3) is 0 Å². The van der Waals surface area contributed by atoms with Gasteiger partial charge in [0.1, 0.15) is 5.75 Å². The second-order valence-corrected chi connectivity index (χ2v) is 11.1. The van der Waals surface area contributed by atoms with Crippen LogP contribution in [-0.4, -0.2) is 29.9 Å². The molecule has 4 saturated heterocycles. The van der Waals surface area contributed by atoms with Crippen molar-refractivity contribution in [3.63, 3.8) is 0 Å². The van der Waals surface area contributed by atoms with Gasteiger partial charge in [0.05, 0.1) is 6.42 Å². The number of benzene rings is 2. The van der Waals surface area contributed by atoms with Gasteiger partial charge in [-0.05, 0) is 67.9 Å². The average molecular weight is 494 g/mol. The maximum absolute atomic E-state index is 12.4. The first-order chi connectivity index (χ1) is 17.4. The number of para-hydroxylation sites is 1. The van der Waals surface area contributed by atoms with Crippen LogP contribution in [0.1, 0.15) is 52.0 Å². The molecular formula is C29H35NO6. The minimum Gasteiger partial charge on any atom is -0.465 e. The van der Waals surface area contributed by atoms with Crippen LogP contribution in [0.3, 0.4) is 0 Å². The van der Waals surface area contributed by atoms with Gasteiger partial charge in [-0.1, -0.05) is 44.2 Å². The quantitative estimate of drug-likeness (QED) is 0.558. The number of anilines is 1. The Bertz CT molecular complexity index is 1090. The van der Waals surface area contributed by atoms with Gasteiger partial charge in [0, 0.05) is 23.9 Å². The highest BCUT2D eigenvalue weighted by molar-refractivity contribution is 5.92. The molecule has 2 bridgehead atoms. The third-order valence-electron chi connectivity index (χ3n) is 8.69. The summed E-state index contributed by atoms with van der Waals surface area (Å²) in [4.78, 5) is 24.5. The fourth-order valence-corrected chi connectivity index (χ4v) is 6.74. The molecule has 1 N–H and O–H groups in total. The highest BCUT2D eigenvalue weighted by Crippen LogP contribution is 2.60. The third-order valence-corrected chi connectivity index (χ3v) is 8.69. The lowest BCUT2D eigenvalue weighted by Gasteiger charge is -2.60. The van der Waals surface area contributed by atoms with E-state index in [0.717, 1.165) is 36.9 Å². The molecule has 8 atom stereocenters. The Labute approximate surface area is 212 Å². The minimum absolute atomic E-state index is 0.0539. The van der Waals surface area contributed by atoms with Gasteiger partial charge in [-0.3, -0.25) is 4.79 Å². The predicted octanol–water partition coefficient (Wildman–Crippen LogP) is 5.45. The number of ether oxygens (including phenoxy) is 3. The highest BCUT2D eigenvalue weighted by Gasteiger charge is 2.69. The Morgan fingerprint density at radius 1 is 1.00 bits per heavy atom. The molecule has 7 nitrogen and oxygen atoms in total. The summed E-state index contributed by atoms with van der Waals surface area (Å²) in [7, 11) is 0. The van der Waals surface area contributed by atoms with Gasteiger partial charge in [0.2, 0.25) is 18.0 Å². The van der Waals surface area contributed by atoms with E-state index in [9.17, 15) is 4.79 Å². The van der Waals surface area contributed by atoms with Crippen molar-refractivity contribution in [1.29, 1.82) is 0 Å². The van der Waals surface area contributed by atoms with Crippen LogP contribution in [-0.2, 0) is 30.5 Å². The molecule has 2 aromatic rings. The van der Waals surface area contributed by atoms with E-state index in [0.29, 0.717) is 24.0 Å². The number of carbonyl (C=O) groups is 1. The standard InChI is InChI=1S/C29H35NO6/c1-18-9-14-24-19(2)26(33-27-29(24)23(18)15-16-28(3,34-27)35-36-29)32-22-12-10-20(11-13-22)17-25(31)30-21-7-5-4-6-8-21/h4-8,10-13,18-19,23-24,26-27H,9,14-17H2,1-3H3,(H,30,31)/t18-,19-,23-,24+,26+,27-,28-,29-/m1/s1. The van der Waals surface area contributed by atoms with Crippen LogP contribution in [0.5, 0.6) is 5.75 Å². The van der Waals surface area contributed by atoms with E-state index < -0.39 is 24.0 Å². The zero-order valence-electron chi connectivity index (χ0n) is 21.1. The predicted molar refractivity (Wildman–Crippen MR) is 133 cm³/mol. The van der Waals surface area contributed by atoms with E-state index in [1.807, 2.05) is 61.5 Å². The first-order valence-electron chi connectivity index (χ1n) is 13.2. The zero-order chi connectivity index (χ0) is 24.9. The molecule has 1 aliphatic carbocycles. The number of hydrogen-bond acceptors (Lipinski definition) is 6. The maximum Gasteiger partial charge on any atom is 0.228 e. The van der Waals surface area contributed by atoms with Crippen molar-refractivity contribution in [2.75, 3.05) is 5.32 Å². The van der Waals surface area contributed by atoms with Gasteiger partial charge in [-0.25, -0.2) is 9.78 Å². The molecule has 7 rings (SSSR count). The maximum atomic E-state index is 12.4. The monoisotopic (exact) mass is 493 g/mol. The van der Waals surface area contributed by atoms with Crippen LogP contribution in [0.2, 0.25) is 0 Å². The fraction of sp³-hybridized carbons (Fsp3) is 0.552. The summed E-state index contributed by atoms with van der Waals surface area (Å²) in [5, 5.41) is 2.92. The topological polar surface area (TPSA) is 75.3 Å². The number of carbonyl (C=O) groups excluding carboxylic acids is 1.